The summed E-state index contributed by atoms with van der Waals surface area (Å²) in [6.07, 6.45) is 7.51. The normalized spacial score (nSPS) is 12.0. The molecule has 2 nitrogen and oxygen atoms in total. The molecule has 0 heterocycles. The molecule has 0 aromatic carbocycles. The maximum atomic E-state index is 2.61. The standard InChI is InChI=1S/C15H34N2/c1-6-11-12-13-14-15(16(7-2)8-3)17(9-4)10-5/h15H,6-14H2,1-5H3. The van der Waals surface area contributed by atoms with Gasteiger partial charge in [0.2, 0.25) is 0 Å². The average Bonchev–Trinajstić information content (AvgIpc) is 2.36. The van der Waals surface area contributed by atoms with Crippen LogP contribution in [0.2, 0.25) is 0 Å². The van der Waals surface area contributed by atoms with Gasteiger partial charge in [-0.3, -0.25) is 9.80 Å². The molecule has 0 aliphatic heterocycles. The molecule has 0 aromatic heterocycles. The largest absolute Gasteiger partial charge is 0.288 e. The zero-order chi connectivity index (χ0) is 13.1. The van der Waals surface area contributed by atoms with Gasteiger partial charge in [-0.05, 0) is 32.6 Å². The Bertz CT molecular complexity index is 139. The van der Waals surface area contributed by atoms with Crippen molar-refractivity contribution in [3.63, 3.8) is 0 Å². The van der Waals surface area contributed by atoms with Crippen LogP contribution in [0.3, 0.4) is 0 Å². The smallest absolute Gasteiger partial charge is 0.0622 e. The fourth-order valence-corrected chi connectivity index (χ4v) is 2.64. The van der Waals surface area contributed by atoms with Crippen LogP contribution < -0.4 is 0 Å². The minimum atomic E-state index is 0.664. The van der Waals surface area contributed by atoms with Crippen LogP contribution in [0.25, 0.3) is 0 Å². The molecule has 0 N–H and O–H groups in total. The molecular formula is C15H34N2. The summed E-state index contributed by atoms with van der Waals surface area (Å²) in [5, 5.41) is 0. The molecule has 104 valence electrons. The van der Waals surface area contributed by atoms with Crippen LogP contribution in [0.4, 0.5) is 0 Å². The lowest BCUT2D eigenvalue weighted by Crippen LogP contribution is -2.48. The predicted octanol–water partition coefficient (Wildman–Crippen LogP) is 3.97. The number of rotatable bonds is 11. The van der Waals surface area contributed by atoms with Crippen molar-refractivity contribution in [1.82, 2.24) is 9.80 Å². The lowest BCUT2D eigenvalue weighted by molar-refractivity contribution is 0.0482. The Kier molecular flexibility index (Phi) is 11.0. The zero-order valence-corrected chi connectivity index (χ0v) is 12.8. The number of nitrogens with zero attached hydrogens (tertiary/aromatic N) is 2. The molecule has 0 bridgehead atoms. The first-order valence-electron chi connectivity index (χ1n) is 7.73. The SMILES string of the molecule is CCCCCCC(N(CC)CC)N(CC)CC. The molecule has 2 heteroatoms. The van der Waals surface area contributed by atoms with Gasteiger partial charge >= 0.3 is 0 Å². The van der Waals surface area contributed by atoms with Gasteiger partial charge in [0.1, 0.15) is 0 Å². The summed E-state index contributed by atoms with van der Waals surface area (Å²) in [6.45, 7) is 16.1. The predicted molar refractivity (Wildman–Crippen MR) is 78.4 cm³/mol. The first kappa shape index (κ1) is 16.9. The van der Waals surface area contributed by atoms with Crippen molar-refractivity contribution in [3.05, 3.63) is 0 Å². The minimum Gasteiger partial charge on any atom is -0.288 e. The van der Waals surface area contributed by atoms with E-state index in [9.17, 15) is 0 Å². The topological polar surface area (TPSA) is 6.48 Å². The quantitative estimate of drug-likeness (QED) is 0.399. The number of hydrogen-bond acceptors (Lipinski definition) is 2. The van der Waals surface area contributed by atoms with Crippen LogP contribution in [-0.2, 0) is 0 Å². The first-order valence-corrected chi connectivity index (χ1v) is 7.73. The fraction of sp³-hybridized carbons (Fsp3) is 1.00. The highest BCUT2D eigenvalue weighted by Crippen LogP contribution is 2.15. The summed E-state index contributed by atoms with van der Waals surface area (Å²) in [7, 11) is 0. The van der Waals surface area contributed by atoms with Gasteiger partial charge in [-0.15, -0.1) is 0 Å². The van der Waals surface area contributed by atoms with Gasteiger partial charge in [0, 0.05) is 0 Å². The van der Waals surface area contributed by atoms with E-state index in [1.165, 1.54) is 58.3 Å². The van der Waals surface area contributed by atoms with Crippen molar-refractivity contribution in [2.75, 3.05) is 26.2 Å². The summed E-state index contributed by atoms with van der Waals surface area (Å²) in [6, 6.07) is 0. The molecule has 0 radical (unpaired) electrons. The van der Waals surface area contributed by atoms with E-state index in [1.54, 1.807) is 0 Å². The third kappa shape index (κ3) is 6.42. The monoisotopic (exact) mass is 242 g/mol. The van der Waals surface area contributed by atoms with E-state index in [4.69, 9.17) is 0 Å². The number of hydrogen-bond donors (Lipinski definition) is 0. The van der Waals surface area contributed by atoms with Gasteiger partial charge in [-0.2, -0.15) is 0 Å². The molecule has 0 aliphatic rings. The molecule has 0 fully saturated rings. The van der Waals surface area contributed by atoms with Gasteiger partial charge in [-0.25, -0.2) is 0 Å². The van der Waals surface area contributed by atoms with Crippen molar-refractivity contribution in [3.8, 4) is 0 Å². The van der Waals surface area contributed by atoms with Gasteiger partial charge in [-0.1, -0.05) is 60.3 Å². The molecule has 0 saturated heterocycles. The molecule has 0 spiro atoms. The Labute approximate surface area is 109 Å². The van der Waals surface area contributed by atoms with Gasteiger partial charge in [0.25, 0.3) is 0 Å². The second-order valence-corrected chi connectivity index (χ2v) is 4.77. The first-order chi connectivity index (χ1) is 8.24. The van der Waals surface area contributed by atoms with Crippen molar-refractivity contribution in [2.24, 2.45) is 0 Å². The van der Waals surface area contributed by atoms with Crippen LogP contribution in [-0.4, -0.2) is 42.1 Å². The molecule has 0 aliphatic carbocycles. The van der Waals surface area contributed by atoms with E-state index in [2.05, 4.69) is 44.4 Å². The fourth-order valence-electron chi connectivity index (χ4n) is 2.64. The van der Waals surface area contributed by atoms with Crippen LogP contribution in [0.5, 0.6) is 0 Å². The van der Waals surface area contributed by atoms with Crippen LogP contribution in [0.15, 0.2) is 0 Å². The highest BCUT2D eigenvalue weighted by molar-refractivity contribution is 4.71. The average molecular weight is 242 g/mol. The van der Waals surface area contributed by atoms with Crippen LogP contribution in [0.1, 0.15) is 66.7 Å². The Balaban J connectivity index is 4.27. The summed E-state index contributed by atoms with van der Waals surface area (Å²) < 4.78 is 0. The molecule has 0 atom stereocenters. The third-order valence-electron chi connectivity index (χ3n) is 3.78. The van der Waals surface area contributed by atoms with Crippen LogP contribution in [0, 0.1) is 0 Å². The summed E-state index contributed by atoms with van der Waals surface area (Å²) in [5.41, 5.74) is 0. The zero-order valence-electron chi connectivity index (χ0n) is 12.8. The highest BCUT2D eigenvalue weighted by Gasteiger charge is 2.20. The maximum absolute atomic E-state index is 2.61. The van der Waals surface area contributed by atoms with Gasteiger partial charge in [0.05, 0.1) is 6.17 Å². The molecule has 17 heavy (non-hydrogen) atoms. The molecule has 0 rings (SSSR count). The molecule has 0 saturated carbocycles. The Morgan fingerprint density at radius 3 is 1.47 bits per heavy atom. The van der Waals surface area contributed by atoms with E-state index in [0.717, 1.165) is 0 Å². The lowest BCUT2D eigenvalue weighted by Gasteiger charge is -2.38. The van der Waals surface area contributed by atoms with Crippen molar-refractivity contribution in [1.29, 1.82) is 0 Å². The van der Waals surface area contributed by atoms with Crippen molar-refractivity contribution < 1.29 is 0 Å². The second-order valence-electron chi connectivity index (χ2n) is 4.77. The second kappa shape index (κ2) is 11.0. The lowest BCUT2D eigenvalue weighted by atomic mass is 10.1. The summed E-state index contributed by atoms with van der Waals surface area (Å²) >= 11 is 0. The Hall–Kier alpha value is -0.0800. The Morgan fingerprint density at radius 2 is 1.12 bits per heavy atom. The minimum absolute atomic E-state index is 0.664. The molecule has 0 aromatic rings. The number of unbranched alkanes of at least 4 members (excludes halogenated alkanes) is 3. The molecular weight excluding hydrogens is 208 g/mol. The van der Waals surface area contributed by atoms with Gasteiger partial charge < -0.3 is 0 Å². The molecule has 0 unspecified atom stereocenters. The molecule has 0 amide bonds. The van der Waals surface area contributed by atoms with E-state index in [1.807, 2.05) is 0 Å². The van der Waals surface area contributed by atoms with Crippen molar-refractivity contribution >= 4 is 0 Å². The Morgan fingerprint density at radius 1 is 0.647 bits per heavy atom. The van der Waals surface area contributed by atoms with E-state index in [0.29, 0.717) is 6.17 Å². The summed E-state index contributed by atoms with van der Waals surface area (Å²) in [4.78, 5) is 5.22. The van der Waals surface area contributed by atoms with E-state index >= 15 is 0 Å². The highest BCUT2D eigenvalue weighted by atomic mass is 15.3. The maximum Gasteiger partial charge on any atom is 0.0622 e. The van der Waals surface area contributed by atoms with Gasteiger partial charge in [0.15, 0.2) is 0 Å². The summed E-state index contributed by atoms with van der Waals surface area (Å²) in [5.74, 6) is 0. The van der Waals surface area contributed by atoms with Crippen LogP contribution >= 0.6 is 0 Å². The van der Waals surface area contributed by atoms with E-state index in [-0.39, 0.29) is 0 Å². The van der Waals surface area contributed by atoms with Crippen molar-refractivity contribution in [2.45, 2.75) is 72.9 Å². The van der Waals surface area contributed by atoms with E-state index < -0.39 is 0 Å². The third-order valence-corrected chi connectivity index (χ3v) is 3.78.